The fourth-order valence-corrected chi connectivity index (χ4v) is 1.69. The number of benzene rings is 1. The lowest BCUT2D eigenvalue weighted by Gasteiger charge is -1.98. The molecule has 0 fully saturated rings. The SMILES string of the molecule is O=S(O)Cc1ccc(S(=O)O)cc1. The highest BCUT2D eigenvalue weighted by Crippen LogP contribution is 2.08. The molecular formula is C7H8O4S2. The second-order valence-corrected chi connectivity index (χ2v) is 4.26. The van der Waals surface area contributed by atoms with Crippen LogP contribution in [0.15, 0.2) is 29.2 Å². The molecule has 0 bridgehead atoms. The molecule has 0 saturated heterocycles. The summed E-state index contributed by atoms with van der Waals surface area (Å²) < 4.78 is 38.1. The summed E-state index contributed by atoms with van der Waals surface area (Å²) >= 11 is -3.86. The van der Waals surface area contributed by atoms with Crippen molar-refractivity contribution >= 4 is 22.2 Å². The molecule has 2 N–H and O–H groups in total. The van der Waals surface area contributed by atoms with E-state index in [0.29, 0.717) is 5.56 Å². The van der Waals surface area contributed by atoms with Gasteiger partial charge in [-0.2, -0.15) is 0 Å². The molecule has 0 aliphatic carbocycles. The standard InChI is InChI=1S/C7H8O4S2/c8-12(9)5-6-1-3-7(4-2-6)13(10)11/h1-4H,5H2,(H,8,9)(H,10,11). The first-order chi connectivity index (χ1) is 6.09. The Morgan fingerprint density at radius 2 is 1.62 bits per heavy atom. The van der Waals surface area contributed by atoms with Gasteiger partial charge in [0.1, 0.15) is 0 Å². The van der Waals surface area contributed by atoms with Gasteiger partial charge >= 0.3 is 0 Å². The minimum atomic E-state index is -1.99. The van der Waals surface area contributed by atoms with E-state index >= 15 is 0 Å². The van der Waals surface area contributed by atoms with Crippen LogP contribution in [0.3, 0.4) is 0 Å². The van der Waals surface area contributed by atoms with E-state index in [0.717, 1.165) is 0 Å². The second kappa shape index (κ2) is 4.61. The molecule has 1 aromatic rings. The first kappa shape index (κ1) is 10.5. The third kappa shape index (κ3) is 3.35. The van der Waals surface area contributed by atoms with Gasteiger partial charge in [-0.25, -0.2) is 8.42 Å². The van der Waals surface area contributed by atoms with Crippen molar-refractivity contribution in [3.8, 4) is 0 Å². The van der Waals surface area contributed by atoms with Gasteiger partial charge < -0.3 is 9.11 Å². The normalized spacial score (nSPS) is 15.2. The highest BCUT2D eigenvalue weighted by Gasteiger charge is 2.01. The molecule has 0 aliphatic rings. The Morgan fingerprint density at radius 1 is 1.08 bits per heavy atom. The first-order valence-corrected chi connectivity index (χ1v) is 5.75. The molecule has 0 heterocycles. The van der Waals surface area contributed by atoms with Gasteiger partial charge in [-0.3, -0.25) is 0 Å². The van der Waals surface area contributed by atoms with E-state index in [4.69, 9.17) is 9.11 Å². The Balaban J connectivity index is 2.81. The summed E-state index contributed by atoms with van der Waals surface area (Å²) in [6.45, 7) is 0. The number of hydrogen-bond acceptors (Lipinski definition) is 2. The average molecular weight is 220 g/mol. The summed E-state index contributed by atoms with van der Waals surface area (Å²) in [6.07, 6.45) is 0. The Hall–Kier alpha value is -0.560. The Kier molecular flexibility index (Phi) is 3.73. The maximum absolute atomic E-state index is 10.5. The van der Waals surface area contributed by atoms with E-state index in [1.165, 1.54) is 12.1 Å². The maximum Gasteiger partial charge on any atom is 0.186 e. The van der Waals surface area contributed by atoms with E-state index < -0.39 is 22.2 Å². The Morgan fingerprint density at radius 3 is 2.00 bits per heavy atom. The largest absolute Gasteiger partial charge is 0.306 e. The van der Waals surface area contributed by atoms with Gasteiger partial charge in [-0.1, -0.05) is 12.1 Å². The van der Waals surface area contributed by atoms with Crippen molar-refractivity contribution < 1.29 is 17.5 Å². The van der Waals surface area contributed by atoms with Crippen molar-refractivity contribution in [2.75, 3.05) is 0 Å². The van der Waals surface area contributed by atoms with Crippen molar-refractivity contribution in [2.24, 2.45) is 0 Å². The van der Waals surface area contributed by atoms with Crippen LogP contribution in [0.4, 0.5) is 0 Å². The van der Waals surface area contributed by atoms with E-state index in [1.54, 1.807) is 12.1 Å². The predicted octanol–water partition coefficient (Wildman–Crippen LogP) is 0.989. The topological polar surface area (TPSA) is 74.6 Å². The lowest BCUT2D eigenvalue weighted by atomic mass is 10.2. The van der Waals surface area contributed by atoms with Crippen molar-refractivity contribution in [2.45, 2.75) is 10.6 Å². The molecule has 1 aromatic carbocycles. The molecule has 1 rings (SSSR count). The zero-order chi connectivity index (χ0) is 9.84. The molecule has 0 amide bonds. The van der Waals surface area contributed by atoms with E-state index in [-0.39, 0.29) is 10.6 Å². The van der Waals surface area contributed by atoms with Gasteiger partial charge in [0, 0.05) is 0 Å². The molecule has 0 aliphatic heterocycles. The van der Waals surface area contributed by atoms with Gasteiger partial charge in [0.05, 0.1) is 10.6 Å². The third-order valence-corrected chi connectivity index (χ3v) is 2.67. The molecule has 72 valence electrons. The smallest absolute Gasteiger partial charge is 0.186 e. The van der Waals surface area contributed by atoms with Gasteiger partial charge in [0.2, 0.25) is 0 Å². The highest BCUT2D eigenvalue weighted by molar-refractivity contribution is 7.79. The van der Waals surface area contributed by atoms with Crippen LogP contribution in [0.5, 0.6) is 0 Å². The molecule has 2 atom stereocenters. The van der Waals surface area contributed by atoms with E-state index in [9.17, 15) is 8.42 Å². The second-order valence-electron chi connectivity index (χ2n) is 2.36. The summed E-state index contributed by atoms with van der Waals surface area (Å²) in [4.78, 5) is 0.285. The van der Waals surface area contributed by atoms with Crippen LogP contribution in [0.1, 0.15) is 5.56 Å². The van der Waals surface area contributed by atoms with Gasteiger partial charge in [0.25, 0.3) is 0 Å². The Labute approximate surface area is 80.6 Å². The van der Waals surface area contributed by atoms with Gasteiger partial charge in [-0.05, 0) is 17.7 Å². The third-order valence-electron chi connectivity index (χ3n) is 1.42. The number of hydrogen-bond donors (Lipinski definition) is 2. The Bertz CT molecular complexity index is 333. The van der Waals surface area contributed by atoms with Crippen LogP contribution >= 0.6 is 0 Å². The summed E-state index contributed by atoms with van der Waals surface area (Å²) in [5.41, 5.74) is 0.662. The highest BCUT2D eigenvalue weighted by atomic mass is 32.2. The molecule has 4 nitrogen and oxygen atoms in total. The molecule has 0 aromatic heterocycles. The van der Waals surface area contributed by atoms with Crippen molar-refractivity contribution in [3.05, 3.63) is 29.8 Å². The molecule has 0 saturated carbocycles. The molecular weight excluding hydrogens is 212 g/mol. The fourth-order valence-electron chi connectivity index (χ4n) is 0.845. The summed E-state index contributed by atoms with van der Waals surface area (Å²) in [5.74, 6) is 0.0400. The average Bonchev–Trinajstić information content (AvgIpc) is 2.04. The minimum absolute atomic E-state index is 0.0400. The van der Waals surface area contributed by atoms with Crippen LogP contribution in [0.25, 0.3) is 0 Å². The monoisotopic (exact) mass is 220 g/mol. The van der Waals surface area contributed by atoms with Crippen LogP contribution in [-0.4, -0.2) is 17.5 Å². The summed E-state index contributed by atoms with van der Waals surface area (Å²) in [5, 5.41) is 0. The molecule has 6 heteroatoms. The minimum Gasteiger partial charge on any atom is -0.306 e. The fraction of sp³-hybridized carbons (Fsp3) is 0.143. The van der Waals surface area contributed by atoms with E-state index in [2.05, 4.69) is 0 Å². The molecule has 13 heavy (non-hydrogen) atoms. The lowest BCUT2D eigenvalue weighted by Crippen LogP contribution is -1.94. The van der Waals surface area contributed by atoms with Crippen molar-refractivity contribution in [1.82, 2.24) is 0 Å². The van der Waals surface area contributed by atoms with E-state index in [1.807, 2.05) is 0 Å². The summed E-state index contributed by atoms with van der Waals surface area (Å²) in [7, 11) is 0. The first-order valence-electron chi connectivity index (χ1n) is 3.37. The summed E-state index contributed by atoms with van der Waals surface area (Å²) in [6, 6.07) is 6.02. The van der Waals surface area contributed by atoms with Crippen molar-refractivity contribution in [1.29, 1.82) is 0 Å². The lowest BCUT2D eigenvalue weighted by molar-refractivity contribution is 0.563. The van der Waals surface area contributed by atoms with Crippen LogP contribution in [-0.2, 0) is 27.9 Å². The maximum atomic E-state index is 10.5. The van der Waals surface area contributed by atoms with Crippen molar-refractivity contribution in [3.63, 3.8) is 0 Å². The predicted molar refractivity (Wildman–Crippen MR) is 50.0 cm³/mol. The molecule has 2 unspecified atom stereocenters. The van der Waals surface area contributed by atoms with Gasteiger partial charge in [-0.15, -0.1) is 0 Å². The van der Waals surface area contributed by atoms with Gasteiger partial charge in [0.15, 0.2) is 22.2 Å². The molecule has 0 spiro atoms. The quantitative estimate of drug-likeness (QED) is 0.745. The zero-order valence-corrected chi connectivity index (χ0v) is 8.18. The molecule has 0 radical (unpaired) electrons. The van der Waals surface area contributed by atoms with Crippen LogP contribution in [0, 0.1) is 0 Å². The zero-order valence-electron chi connectivity index (χ0n) is 6.54. The van der Waals surface area contributed by atoms with Crippen LogP contribution in [0.2, 0.25) is 0 Å². The number of rotatable bonds is 3. The van der Waals surface area contributed by atoms with Crippen LogP contribution < -0.4 is 0 Å².